The van der Waals surface area contributed by atoms with Gasteiger partial charge in [0.15, 0.2) is 10.8 Å². The molecule has 0 aliphatic carbocycles. The number of furan rings is 1. The fraction of sp³-hybridized carbons (Fsp3) is 0.471. The van der Waals surface area contributed by atoms with E-state index in [9.17, 15) is 14.7 Å². The lowest BCUT2D eigenvalue weighted by molar-refractivity contribution is -0.132. The first kappa shape index (κ1) is 17.6. The van der Waals surface area contributed by atoms with Crippen LogP contribution >= 0.6 is 11.3 Å². The summed E-state index contributed by atoms with van der Waals surface area (Å²) in [5, 5.41) is 13.5. The number of rotatable bonds is 3. The van der Waals surface area contributed by atoms with Crippen molar-refractivity contribution in [2.45, 2.75) is 39.3 Å². The van der Waals surface area contributed by atoms with Crippen molar-refractivity contribution in [2.24, 2.45) is 0 Å². The van der Waals surface area contributed by atoms with Crippen LogP contribution in [0.15, 0.2) is 16.5 Å². The standard InChI is InChI=1S/C17H21N3O4S/c1-9-4-5-14(24-9)17-18-10(2)15(25-17)16(23)19-12-6-13(22)8-20(7-12)11(3)21/h4-5,12-13,22H,6-8H2,1-3H3,(H,19,23). The molecule has 1 aliphatic rings. The highest BCUT2D eigenvalue weighted by Crippen LogP contribution is 2.29. The Labute approximate surface area is 149 Å². The molecule has 3 rings (SSSR count). The number of hydrogen-bond donors (Lipinski definition) is 2. The largest absolute Gasteiger partial charge is 0.459 e. The fourth-order valence-electron chi connectivity index (χ4n) is 2.95. The van der Waals surface area contributed by atoms with Crippen molar-refractivity contribution in [1.82, 2.24) is 15.2 Å². The number of aliphatic hydroxyl groups excluding tert-OH is 1. The number of aliphatic hydroxyl groups is 1. The van der Waals surface area contributed by atoms with Crippen LogP contribution in [0.1, 0.15) is 34.5 Å². The monoisotopic (exact) mass is 363 g/mol. The van der Waals surface area contributed by atoms with Crippen LogP contribution in [0.25, 0.3) is 10.8 Å². The highest BCUT2D eigenvalue weighted by molar-refractivity contribution is 7.17. The van der Waals surface area contributed by atoms with Crippen LogP contribution in [0.2, 0.25) is 0 Å². The van der Waals surface area contributed by atoms with Gasteiger partial charge in [-0.05, 0) is 32.4 Å². The van der Waals surface area contributed by atoms with Gasteiger partial charge in [0.25, 0.3) is 5.91 Å². The van der Waals surface area contributed by atoms with E-state index in [1.54, 1.807) is 11.8 Å². The molecule has 7 nitrogen and oxygen atoms in total. The molecule has 1 fully saturated rings. The number of likely N-dealkylation sites (tertiary alicyclic amines) is 1. The van der Waals surface area contributed by atoms with Gasteiger partial charge in [0, 0.05) is 26.1 Å². The van der Waals surface area contributed by atoms with Gasteiger partial charge >= 0.3 is 0 Å². The Hall–Kier alpha value is -2.19. The average Bonchev–Trinajstić information content (AvgIpc) is 3.12. The second-order valence-corrected chi connectivity index (χ2v) is 7.33. The highest BCUT2D eigenvalue weighted by Gasteiger charge is 2.29. The zero-order valence-electron chi connectivity index (χ0n) is 14.4. The molecule has 3 heterocycles. The third-order valence-corrected chi connectivity index (χ3v) is 5.33. The Bertz CT molecular complexity index is 798. The molecule has 134 valence electrons. The van der Waals surface area contributed by atoms with Crippen LogP contribution in [-0.4, -0.2) is 52.0 Å². The Balaban J connectivity index is 1.73. The SMILES string of the molecule is CC(=O)N1CC(O)CC(NC(=O)c2sc(-c3ccc(C)o3)nc2C)C1. The quantitative estimate of drug-likeness (QED) is 0.866. The molecule has 25 heavy (non-hydrogen) atoms. The number of aryl methyl sites for hydroxylation is 2. The van der Waals surface area contributed by atoms with Crippen molar-refractivity contribution < 1.29 is 19.1 Å². The molecule has 1 aliphatic heterocycles. The van der Waals surface area contributed by atoms with Crippen molar-refractivity contribution in [2.75, 3.05) is 13.1 Å². The van der Waals surface area contributed by atoms with Gasteiger partial charge in [0.05, 0.1) is 11.8 Å². The van der Waals surface area contributed by atoms with Gasteiger partial charge < -0.3 is 19.7 Å². The molecule has 2 N–H and O–H groups in total. The molecule has 0 bridgehead atoms. The number of hydrogen-bond acceptors (Lipinski definition) is 6. The minimum Gasteiger partial charge on any atom is -0.459 e. The van der Waals surface area contributed by atoms with Gasteiger partial charge in [-0.1, -0.05) is 0 Å². The molecule has 0 saturated carbocycles. The van der Waals surface area contributed by atoms with Crippen LogP contribution in [-0.2, 0) is 4.79 Å². The number of aromatic nitrogens is 1. The van der Waals surface area contributed by atoms with Gasteiger partial charge in [-0.3, -0.25) is 9.59 Å². The van der Waals surface area contributed by atoms with E-state index >= 15 is 0 Å². The minimum atomic E-state index is -0.632. The normalized spacial score (nSPS) is 20.6. The summed E-state index contributed by atoms with van der Waals surface area (Å²) in [5.41, 5.74) is 0.631. The zero-order valence-corrected chi connectivity index (χ0v) is 15.2. The van der Waals surface area contributed by atoms with E-state index in [0.29, 0.717) is 40.8 Å². The highest BCUT2D eigenvalue weighted by atomic mass is 32.1. The minimum absolute atomic E-state index is 0.109. The Kier molecular flexibility index (Phi) is 4.91. The van der Waals surface area contributed by atoms with Crippen LogP contribution in [0.5, 0.6) is 0 Å². The molecule has 8 heteroatoms. The van der Waals surface area contributed by atoms with Gasteiger partial charge in [-0.15, -0.1) is 11.3 Å². The maximum atomic E-state index is 12.6. The molecule has 0 spiro atoms. The van der Waals surface area contributed by atoms with Crippen LogP contribution in [0.3, 0.4) is 0 Å². The molecule has 1 saturated heterocycles. The summed E-state index contributed by atoms with van der Waals surface area (Å²) >= 11 is 1.27. The lowest BCUT2D eigenvalue weighted by atomic mass is 10.0. The first-order chi connectivity index (χ1) is 11.8. The zero-order chi connectivity index (χ0) is 18.1. The van der Waals surface area contributed by atoms with Crippen LogP contribution < -0.4 is 5.32 Å². The Morgan fingerprint density at radius 1 is 1.36 bits per heavy atom. The second kappa shape index (κ2) is 6.97. The van der Waals surface area contributed by atoms with E-state index in [2.05, 4.69) is 10.3 Å². The van der Waals surface area contributed by atoms with Crippen molar-refractivity contribution in [3.63, 3.8) is 0 Å². The fourth-order valence-corrected chi connectivity index (χ4v) is 3.88. The first-order valence-electron chi connectivity index (χ1n) is 8.12. The number of amides is 2. The average molecular weight is 363 g/mol. The number of β-amino-alcohol motifs (C(OH)–C–C–N with tert-alkyl or cyclic N) is 1. The third-order valence-electron chi connectivity index (χ3n) is 4.16. The number of nitrogens with one attached hydrogen (secondary N) is 1. The summed E-state index contributed by atoms with van der Waals surface area (Å²) in [6.45, 7) is 5.81. The van der Waals surface area contributed by atoms with E-state index in [1.165, 1.54) is 18.3 Å². The van der Waals surface area contributed by atoms with E-state index < -0.39 is 6.10 Å². The molecule has 2 unspecified atom stereocenters. The summed E-state index contributed by atoms with van der Waals surface area (Å²) in [6, 6.07) is 3.40. The van der Waals surface area contributed by atoms with Crippen molar-refractivity contribution in [3.05, 3.63) is 28.5 Å². The maximum absolute atomic E-state index is 12.6. The number of carbonyl (C=O) groups excluding carboxylic acids is 2. The third kappa shape index (κ3) is 3.91. The molecule has 2 atom stereocenters. The molecule has 0 radical (unpaired) electrons. The van der Waals surface area contributed by atoms with E-state index in [0.717, 1.165) is 5.76 Å². The smallest absolute Gasteiger partial charge is 0.263 e. The van der Waals surface area contributed by atoms with Crippen molar-refractivity contribution in [3.8, 4) is 10.8 Å². The number of nitrogens with zero attached hydrogens (tertiary/aromatic N) is 2. The summed E-state index contributed by atoms with van der Waals surface area (Å²) in [7, 11) is 0. The summed E-state index contributed by atoms with van der Waals surface area (Å²) in [5.74, 6) is 1.07. The van der Waals surface area contributed by atoms with E-state index in [4.69, 9.17) is 4.42 Å². The lowest BCUT2D eigenvalue weighted by Crippen LogP contribution is -2.53. The van der Waals surface area contributed by atoms with E-state index in [1.807, 2.05) is 19.1 Å². The molecule has 2 aromatic rings. The van der Waals surface area contributed by atoms with Gasteiger partial charge in [-0.2, -0.15) is 0 Å². The van der Waals surface area contributed by atoms with Crippen LogP contribution in [0, 0.1) is 13.8 Å². The Morgan fingerprint density at radius 2 is 2.12 bits per heavy atom. The van der Waals surface area contributed by atoms with Gasteiger partial charge in [0.2, 0.25) is 5.91 Å². The lowest BCUT2D eigenvalue weighted by Gasteiger charge is -2.35. The van der Waals surface area contributed by atoms with Crippen molar-refractivity contribution >= 4 is 23.2 Å². The number of carbonyl (C=O) groups is 2. The summed E-state index contributed by atoms with van der Waals surface area (Å²) in [6.07, 6.45) is -0.204. The van der Waals surface area contributed by atoms with Crippen molar-refractivity contribution in [1.29, 1.82) is 0 Å². The summed E-state index contributed by atoms with van der Waals surface area (Å²) in [4.78, 5) is 30.6. The molecule has 0 aromatic carbocycles. The number of thiazole rings is 1. The second-order valence-electron chi connectivity index (χ2n) is 6.33. The topological polar surface area (TPSA) is 95.7 Å². The van der Waals surface area contributed by atoms with Gasteiger partial charge in [-0.25, -0.2) is 4.98 Å². The molecule has 2 amide bonds. The Morgan fingerprint density at radius 3 is 2.76 bits per heavy atom. The first-order valence-corrected chi connectivity index (χ1v) is 8.94. The predicted octanol–water partition coefficient (Wildman–Crippen LogP) is 1.73. The number of piperidine rings is 1. The maximum Gasteiger partial charge on any atom is 0.263 e. The van der Waals surface area contributed by atoms with Gasteiger partial charge in [0.1, 0.15) is 10.6 Å². The van der Waals surface area contributed by atoms with Crippen LogP contribution in [0.4, 0.5) is 0 Å². The predicted molar refractivity (Wildman–Crippen MR) is 93.4 cm³/mol. The molecular weight excluding hydrogens is 342 g/mol. The molecular formula is C17H21N3O4S. The summed E-state index contributed by atoms with van der Waals surface area (Å²) < 4.78 is 5.56. The molecule has 2 aromatic heterocycles. The van der Waals surface area contributed by atoms with E-state index in [-0.39, 0.29) is 17.9 Å².